The van der Waals surface area contributed by atoms with Crippen molar-refractivity contribution in [1.82, 2.24) is 5.32 Å². The monoisotopic (exact) mass is 283 g/mol. The molecule has 0 saturated carbocycles. The molecule has 1 aromatic carbocycles. The summed E-state index contributed by atoms with van der Waals surface area (Å²) in [6.07, 6.45) is -0.0997. The summed E-state index contributed by atoms with van der Waals surface area (Å²) >= 11 is 0. The Morgan fingerprint density at radius 1 is 1.35 bits per heavy atom. The summed E-state index contributed by atoms with van der Waals surface area (Å²) in [4.78, 5) is 22.3. The largest absolute Gasteiger partial charge is 0.448 e. The molecule has 20 heavy (non-hydrogen) atoms. The molecule has 7 heteroatoms. The van der Waals surface area contributed by atoms with Gasteiger partial charge in [0.2, 0.25) is 0 Å². The molecule has 0 atom stereocenters. The van der Waals surface area contributed by atoms with Gasteiger partial charge in [0.15, 0.2) is 0 Å². The highest BCUT2D eigenvalue weighted by Gasteiger charge is 2.14. The highest BCUT2D eigenvalue weighted by atomic mass is 19.1. The van der Waals surface area contributed by atoms with Crippen LogP contribution in [0.2, 0.25) is 0 Å². The summed E-state index contributed by atoms with van der Waals surface area (Å²) in [5.74, 6) is -0.935. The Labute approximate surface area is 116 Å². The molecule has 0 aliphatic heterocycles. The van der Waals surface area contributed by atoms with Gasteiger partial charge >= 0.3 is 6.09 Å². The van der Waals surface area contributed by atoms with E-state index in [9.17, 15) is 14.0 Å². The molecule has 0 saturated heterocycles. The topological polar surface area (TPSA) is 93.4 Å². The van der Waals surface area contributed by atoms with Crippen molar-refractivity contribution in [2.45, 2.75) is 13.3 Å². The maximum absolute atomic E-state index is 13.7. The van der Waals surface area contributed by atoms with E-state index in [1.165, 1.54) is 18.2 Å². The van der Waals surface area contributed by atoms with Crippen LogP contribution < -0.4 is 16.4 Å². The standard InChI is InChI=1S/C13H18FN3O3/c1-2-6-16-11-9(4-3-5-10(11)14)12(18)17-7-8-20-13(15)19/h3-5,16H,2,6-8H2,1H3,(H2,15,19)(H,17,18). The Morgan fingerprint density at radius 3 is 2.75 bits per heavy atom. The lowest BCUT2D eigenvalue weighted by Crippen LogP contribution is -2.29. The molecule has 0 aliphatic carbocycles. The number of para-hydroxylation sites is 1. The fraction of sp³-hybridized carbons (Fsp3) is 0.385. The number of hydrogen-bond acceptors (Lipinski definition) is 4. The van der Waals surface area contributed by atoms with E-state index in [4.69, 9.17) is 5.73 Å². The van der Waals surface area contributed by atoms with Gasteiger partial charge in [-0.1, -0.05) is 13.0 Å². The lowest BCUT2D eigenvalue weighted by molar-refractivity contribution is 0.0937. The van der Waals surface area contributed by atoms with E-state index in [1.54, 1.807) is 0 Å². The summed E-state index contributed by atoms with van der Waals surface area (Å²) in [5, 5.41) is 5.40. The number of hydrogen-bond donors (Lipinski definition) is 3. The molecule has 4 N–H and O–H groups in total. The van der Waals surface area contributed by atoms with Crippen LogP contribution in [0.1, 0.15) is 23.7 Å². The molecule has 1 rings (SSSR count). The van der Waals surface area contributed by atoms with Crippen LogP contribution in [0.5, 0.6) is 0 Å². The minimum Gasteiger partial charge on any atom is -0.448 e. The van der Waals surface area contributed by atoms with Crippen molar-refractivity contribution in [3.05, 3.63) is 29.6 Å². The van der Waals surface area contributed by atoms with Crippen LogP contribution in [0.15, 0.2) is 18.2 Å². The molecule has 1 aromatic rings. The van der Waals surface area contributed by atoms with Gasteiger partial charge in [0.05, 0.1) is 17.8 Å². The van der Waals surface area contributed by atoms with Crippen molar-refractivity contribution in [2.75, 3.05) is 25.0 Å². The second-order valence-electron chi connectivity index (χ2n) is 4.01. The van der Waals surface area contributed by atoms with Crippen molar-refractivity contribution < 1.29 is 18.7 Å². The van der Waals surface area contributed by atoms with Gasteiger partial charge in [-0.2, -0.15) is 0 Å². The molecule has 6 nitrogen and oxygen atoms in total. The number of carbonyl (C=O) groups is 2. The third kappa shape index (κ3) is 4.75. The van der Waals surface area contributed by atoms with Crippen LogP contribution >= 0.6 is 0 Å². The maximum Gasteiger partial charge on any atom is 0.404 e. The molecule has 0 unspecified atom stereocenters. The molecular weight excluding hydrogens is 265 g/mol. The minimum atomic E-state index is -0.907. The first-order valence-electron chi connectivity index (χ1n) is 6.29. The van der Waals surface area contributed by atoms with Crippen molar-refractivity contribution in [1.29, 1.82) is 0 Å². The first kappa shape index (κ1) is 15.7. The number of ether oxygens (including phenoxy) is 1. The van der Waals surface area contributed by atoms with E-state index in [-0.39, 0.29) is 24.4 Å². The number of benzene rings is 1. The van der Waals surface area contributed by atoms with E-state index in [1.807, 2.05) is 6.92 Å². The molecule has 2 amide bonds. The Bertz CT molecular complexity index is 480. The first-order chi connectivity index (χ1) is 9.56. The predicted molar refractivity (Wildman–Crippen MR) is 73.0 cm³/mol. The van der Waals surface area contributed by atoms with Crippen LogP contribution in [0.4, 0.5) is 14.9 Å². The molecule has 0 aliphatic rings. The van der Waals surface area contributed by atoms with Crippen molar-refractivity contribution in [3.63, 3.8) is 0 Å². The Hall–Kier alpha value is -2.31. The lowest BCUT2D eigenvalue weighted by Gasteiger charge is -2.12. The Morgan fingerprint density at radius 2 is 2.10 bits per heavy atom. The Kier molecular flexibility index (Phi) is 6.28. The van der Waals surface area contributed by atoms with E-state index in [2.05, 4.69) is 15.4 Å². The zero-order chi connectivity index (χ0) is 15.0. The smallest absolute Gasteiger partial charge is 0.404 e. The summed E-state index contributed by atoms with van der Waals surface area (Å²) < 4.78 is 18.2. The van der Waals surface area contributed by atoms with Crippen molar-refractivity contribution in [3.8, 4) is 0 Å². The highest BCUT2D eigenvalue weighted by molar-refractivity contribution is 5.99. The minimum absolute atomic E-state index is 0.0336. The molecule has 0 heterocycles. The Balaban J connectivity index is 2.66. The van der Waals surface area contributed by atoms with Gasteiger partial charge in [0.1, 0.15) is 12.4 Å². The van der Waals surface area contributed by atoms with E-state index in [0.717, 1.165) is 6.42 Å². The van der Waals surface area contributed by atoms with Crippen LogP contribution in [-0.2, 0) is 4.74 Å². The third-order valence-electron chi connectivity index (χ3n) is 2.44. The molecule has 110 valence electrons. The fourth-order valence-corrected chi connectivity index (χ4v) is 1.55. The lowest BCUT2D eigenvalue weighted by atomic mass is 10.1. The number of carbonyl (C=O) groups excluding carboxylic acids is 2. The third-order valence-corrected chi connectivity index (χ3v) is 2.44. The zero-order valence-electron chi connectivity index (χ0n) is 11.2. The molecule has 0 spiro atoms. The number of nitrogens with one attached hydrogen (secondary N) is 2. The van der Waals surface area contributed by atoms with Gasteiger partial charge in [-0.3, -0.25) is 4.79 Å². The summed E-state index contributed by atoms with van der Waals surface area (Å²) in [6, 6.07) is 4.26. The number of amides is 2. The quantitative estimate of drug-likeness (QED) is 0.661. The molecule has 0 bridgehead atoms. The van der Waals surface area contributed by atoms with Crippen LogP contribution in [-0.4, -0.2) is 31.7 Å². The predicted octanol–water partition coefficient (Wildman–Crippen LogP) is 1.47. The average molecular weight is 283 g/mol. The summed E-state index contributed by atoms with van der Waals surface area (Å²) in [5.41, 5.74) is 5.16. The second-order valence-corrected chi connectivity index (χ2v) is 4.01. The normalized spacial score (nSPS) is 9.90. The van der Waals surface area contributed by atoms with Gasteiger partial charge in [0, 0.05) is 6.54 Å². The van der Waals surface area contributed by atoms with Crippen LogP contribution in [0, 0.1) is 5.82 Å². The van der Waals surface area contributed by atoms with Gasteiger partial charge in [-0.15, -0.1) is 0 Å². The average Bonchev–Trinajstić information content (AvgIpc) is 2.41. The molecular formula is C13H18FN3O3. The van der Waals surface area contributed by atoms with Gasteiger partial charge in [-0.25, -0.2) is 9.18 Å². The van der Waals surface area contributed by atoms with E-state index < -0.39 is 17.8 Å². The van der Waals surface area contributed by atoms with Gasteiger partial charge in [0.25, 0.3) is 5.91 Å². The van der Waals surface area contributed by atoms with Crippen LogP contribution in [0.25, 0.3) is 0 Å². The van der Waals surface area contributed by atoms with Gasteiger partial charge in [-0.05, 0) is 18.6 Å². The summed E-state index contributed by atoms with van der Waals surface area (Å²) in [7, 11) is 0. The number of anilines is 1. The molecule has 0 fully saturated rings. The van der Waals surface area contributed by atoms with Crippen molar-refractivity contribution in [2.24, 2.45) is 5.73 Å². The highest BCUT2D eigenvalue weighted by Crippen LogP contribution is 2.19. The number of primary amides is 1. The fourth-order valence-electron chi connectivity index (χ4n) is 1.55. The number of rotatable bonds is 7. The number of nitrogens with two attached hydrogens (primary N) is 1. The van der Waals surface area contributed by atoms with Gasteiger partial charge < -0.3 is 21.1 Å². The zero-order valence-corrected chi connectivity index (χ0v) is 11.2. The molecule has 0 aromatic heterocycles. The number of halogens is 1. The summed E-state index contributed by atoms with van der Waals surface area (Å²) in [6.45, 7) is 2.57. The van der Waals surface area contributed by atoms with E-state index >= 15 is 0 Å². The van der Waals surface area contributed by atoms with Crippen molar-refractivity contribution >= 4 is 17.7 Å². The van der Waals surface area contributed by atoms with Crippen LogP contribution in [0.3, 0.4) is 0 Å². The SMILES string of the molecule is CCCNc1c(F)cccc1C(=O)NCCOC(N)=O. The molecule has 0 radical (unpaired) electrons. The second kappa shape index (κ2) is 7.98. The first-order valence-corrected chi connectivity index (χ1v) is 6.29. The maximum atomic E-state index is 13.7. The van der Waals surface area contributed by atoms with E-state index in [0.29, 0.717) is 6.54 Å².